The Bertz CT molecular complexity index is 189. The number of hydrogen-bond donors (Lipinski definition) is 0. The summed E-state index contributed by atoms with van der Waals surface area (Å²) in [6.07, 6.45) is 1.38. The molecular formula is C6H10LiO5S-. The summed E-state index contributed by atoms with van der Waals surface area (Å²) in [7, 11) is 0. The van der Waals surface area contributed by atoms with Gasteiger partial charge in [0.2, 0.25) is 0 Å². The van der Waals surface area contributed by atoms with Crippen LogP contribution >= 0.6 is 0 Å². The maximum atomic E-state index is 10.4. The zero-order valence-electron chi connectivity index (χ0n) is 8.36. The summed E-state index contributed by atoms with van der Waals surface area (Å²) in [4.78, 5) is 10.4. The van der Waals surface area contributed by atoms with Crippen LogP contribution in [0.15, 0.2) is 12.7 Å². The smallest absolute Gasteiger partial charge is 1.00 e. The van der Waals surface area contributed by atoms with E-state index in [2.05, 4.69) is 15.5 Å². The molecule has 0 aliphatic rings. The van der Waals surface area contributed by atoms with Gasteiger partial charge in [0.15, 0.2) is 0 Å². The molecule has 0 aromatic rings. The molecular weight excluding hydrogens is 191 g/mol. The maximum absolute atomic E-state index is 10.4. The third-order valence-corrected chi connectivity index (χ3v) is 1.24. The van der Waals surface area contributed by atoms with Crippen molar-refractivity contribution in [1.29, 1.82) is 0 Å². The average Bonchev–Trinajstić information content (AvgIpc) is 2.03. The second-order valence-electron chi connectivity index (χ2n) is 1.75. The van der Waals surface area contributed by atoms with Crippen molar-refractivity contribution in [2.75, 3.05) is 13.2 Å². The van der Waals surface area contributed by atoms with E-state index in [-0.39, 0.29) is 33.5 Å². The van der Waals surface area contributed by atoms with E-state index in [4.69, 9.17) is 0 Å². The van der Waals surface area contributed by atoms with E-state index in [9.17, 15) is 13.6 Å². The van der Waals surface area contributed by atoms with Crippen LogP contribution in [0.3, 0.4) is 0 Å². The van der Waals surface area contributed by atoms with Crippen molar-refractivity contribution in [2.24, 2.45) is 0 Å². The van der Waals surface area contributed by atoms with Crippen LogP contribution < -0.4 is 18.9 Å². The topological polar surface area (TPSA) is 75.7 Å². The Balaban J connectivity index is -0.000000605. The summed E-state index contributed by atoms with van der Waals surface area (Å²) in [5.74, 6) is -0.529. The molecule has 1 unspecified atom stereocenters. The first-order valence-corrected chi connectivity index (χ1v) is 4.18. The first-order chi connectivity index (χ1) is 5.66. The van der Waals surface area contributed by atoms with Gasteiger partial charge in [-0.3, -0.25) is 0 Å². The average molecular weight is 201 g/mol. The van der Waals surface area contributed by atoms with Crippen LogP contribution in [0.4, 0.5) is 0 Å². The van der Waals surface area contributed by atoms with Crippen molar-refractivity contribution < 1.29 is 42.8 Å². The Morgan fingerprint density at radius 2 is 2.23 bits per heavy atom. The second kappa shape index (κ2) is 9.96. The van der Waals surface area contributed by atoms with E-state index in [1.165, 1.54) is 0 Å². The molecule has 0 aliphatic carbocycles. The van der Waals surface area contributed by atoms with Gasteiger partial charge in [-0.05, 0) is 0 Å². The fraction of sp³-hybridized carbons (Fsp3) is 0.500. The fourth-order valence-electron chi connectivity index (χ4n) is 0.418. The first kappa shape index (κ1) is 15.4. The molecule has 1 atom stereocenters. The Kier molecular flexibility index (Phi) is 11.8. The third kappa shape index (κ3) is 11.9. The number of rotatable bonds is 6. The predicted octanol–water partition coefficient (Wildman–Crippen LogP) is -2.97. The van der Waals surface area contributed by atoms with E-state index < -0.39 is 17.3 Å². The molecule has 0 bridgehead atoms. The summed E-state index contributed by atoms with van der Waals surface area (Å²) in [6, 6.07) is 0. The first-order valence-electron chi connectivity index (χ1n) is 3.18. The number of carbonyl (C=O) groups is 1. The molecule has 72 valence electrons. The van der Waals surface area contributed by atoms with Crippen molar-refractivity contribution in [2.45, 2.75) is 6.42 Å². The zero-order chi connectivity index (χ0) is 9.40. The maximum Gasteiger partial charge on any atom is 1.00 e. The van der Waals surface area contributed by atoms with Crippen LogP contribution in [-0.2, 0) is 25.1 Å². The number of hydrogen-bond acceptors (Lipinski definition) is 5. The van der Waals surface area contributed by atoms with Gasteiger partial charge in [-0.2, -0.15) is 0 Å². The predicted molar refractivity (Wildman–Crippen MR) is 41.8 cm³/mol. The van der Waals surface area contributed by atoms with Crippen LogP contribution in [0.25, 0.3) is 0 Å². The second-order valence-corrected chi connectivity index (χ2v) is 2.40. The molecule has 0 aliphatic heterocycles. The minimum absolute atomic E-state index is 0. The van der Waals surface area contributed by atoms with E-state index in [1.807, 2.05) is 0 Å². The summed E-state index contributed by atoms with van der Waals surface area (Å²) >= 11 is -2.49. The number of carbonyl (C=O) groups excluding carboxylic acids is 1. The van der Waals surface area contributed by atoms with Crippen LogP contribution in [-0.4, -0.2) is 27.9 Å². The van der Waals surface area contributed by atoms with Gasteiger partial charge in [-0.15, -0.1) is 0 Å². The zero-order valence-corrected chi connectivity index (χ0v) is 8.17. The molecule has 0 heterocycles. The molecule has 5 nitrogen and oxygen atoms in total. The van der Waals surface area contributed by atoms with Crippen molar-refractivity contribution >= 4 is 17.3 Å². The van der Waals surface area contributed by atoms with Gasteiger partial charge in [0.25, 0.3) is 0 Å². The molecule has 0 radical (unpaired) electrons. The SMILES string of the molecule is C=CC(=O)OCCCOS(=O)[O-].[H-].[Li+]. The summed E-state index contributed by atoms with van der Waals surface area (Å²) in [5, 5.41) is 0. The molecule has 0 saturated carbocycles. The van der Waals surface area contributed by atoms with Gasteiger partial charge in [-0.25, -0.2) is 9.00 Å². The Labute approximate surface area is 92.6 Å². The summed E-state index contributed by atoms with van der Waals surface area (Å²) in [6.45, 7) is 3.32. The molecule has 0 rings (SSSR count). The monoisotopic (exact) mass is 201 g/mol. The molecule has 0 amide bonds. The van der Waals surface area contributed by atoms with E-state index in [1.54, 1.807) is 0 Å². The number of esters is 1. The minimum Gasteiger partial charge on any atom is -1.00 e. The van der Waals surface area contributed by atoms with Crippen molar-refractivity contribution in [3.05, 3.63) is 12.7 Å². The van der Waals surface area contributed by atoms with Gasteiger partial charge in [0, 0.05) is 12.5 Å². The quantitative estimate of drug-likeness (QED) is 0.151. The molecule has 0 aromatic heterocycles. The van der Waals surface area contributed by atoms with Crippen LogP contribution in [0, 0.1) is 0 Å². The molecule has 0 N–H and O–H groups in total. The largest absolute Gasteiger partial charge is 1.00 e. The standard InChI is InChI=1S/C6H10O5S.Li.H/c1-2-6(7)10-4-3-5-11-12(8)9;;/h2H,1,3-5H2,(H,8,9);;/q;+1;-1/p-1. The van der Waals surface area contributed by atoms with Crippen LogP contribution in [0.1, 0.15) is 7.85 Å². The Morgan fingerprint density at radius 1 is 1.62 bits per heavy atom. The van der Waals surface area contributed by atoms with Gasteiger partial charge in [0.05, 0.1) is 24.6 Å². The fourth-order valence-corrected chi connectivity index (χ4v) is 0.672. The number of ether oxygens (including phenoxy) is 1. The third-order valence-electron chi connectivity index (χ3n) is 0.879. The molecule has 0 saturated heterocycles. The van der Waals surface area contributed by atoms with E-state index in [0.29, 0.717) is 6.42 Å². The van der Waals surface area contributed by atoms with Gasteiger partial charge in [-0.1, -0.05) is 6.58 Å². The van der Waals surface area contributed by atoms with Gasteiger partial charge >= 0.3 is 24.8 Å². The van der Waals surface area contributed by atoms with Crippen molar-refractivity contribution in [3.63, 3.8) is 0 Å². The van der Waals surface area contributed by atoms with Crippen LogP contribution in [0.5, 0.6) is 0 Å². The molecule has 13 heavy (non-hydrogen) atoms. The molecule has 7 heteroatoms. The van der Waals surface area contributed by atoms with Crippen molar-refractivity contribution in [3.8, 4) is 0 Å². The van der Waals surface area contributed by atoms with Crippen LogP contribution in [0.2, 0.25) is 0 Å². The normalized spacial score (nSPS) is 11.2. The summed E-state index contributed by atoms with van der Waals surface area (Å²) in [5.41, 5.74) is 0. The molecule has 0 aromatic carbocycles. The Hall–Kier alpha value is -0.123. The Morgan fingerprint density at radius 3 is 2.69 bits per heavy atom. The van der Waals surface area contributed by atoms with Gasteiger partial charge < -0.3 is 14.9 Å². The van der Waals surface area contributed by atoms with Gasteiger partial charge in [0.1, 0.15) is 0 Å². The summed E-state index contributed by atoms with van der Waals surface area (Å²) < 4.78 is 28.3. The molecule has 0 spiro atoms. The molecule has 0 fully saturated rings. The van der Waals surface area contributed by atoms with E-state index >= 15 is 0 Å². The van der Waals surface area contributed by atoms with E-state index in [0.717, 1.165) is 6.08 Å². The van der Waals surface area contributed by atoms with Crippen molar-refractivity contribution in [1.82, 2.24) is 0 Å². The minimum atomic E-state index is -2.49.